The van der Waals surface area contributed by atoms with Crippen LogP contribution in [0.4, 0.5) is 0 Å². The lowest BCUT2D eigenvalue weighted by molar-refractivity contribution is 0.424. The fourth-order valence-electron chi connectivity index (χ4n) is 1.49. The van der Waals surface area contributed by atoms with E-state index in [0.29, 0.717) is 12.3 Å². The van der Waals surface area contributed by atoms with Crippen molar-refractivity contribution in [1.82, 2.24) is 10.6 Å². The molecule has 5 nitrogen and oxygen atoms in total. The van der Waals surface area contributed by atoms with E-state index >= 15 is 0 Å². The van der Waals surface area contributed by atoms with E-state index in [1.165, 1.54) is 0 Å². The summed E-state index contributed by atoms with van der Waals surface area (Å²) in [5.41, 5.74) is 1.39. The molecule has 0 radical (unpaired) electrons. The van der Waals surface area contributed by atoms with Gasteiger partial charge in [-0.2, -0.15) is 0 Å². The van der Waals surface area contributed by atoms with Crippen LogP contribution in [0, 0.1) is 5.92 Å². The van der Waals surface area contributed by atoms with Crippen LogP contribution < -0.4 is 10.6 Å². The zero-order valence-electron chi connectivity index (χ0n) is 6.49. The fourth-order valence-corrected chi connectivity index (χ4v) is 1.49. The third-order valence-electron chi connectivity index (χ3n) is 2.12. The molecule has 0 aromatic rings. The summed E-state index contributed by atoms with van der Waals surface area (Å²) in [5.74, 6) is 0.0127. The predicted molar refractivity (Wildman–Crippen MR) is 45.2 cm³/mol. The van der Waals surface area contributed by atoms with E-state index < -0.39 is 7.12 Å². The highest BCUT2D eigenvalue weighted by molar-refractivity contribution is 6.80. The summed E-state index contributed by atoms with van der Waals surface area (Å²) in [6.45, 7) is 1.43. The van der Waals surface area contributed by atoms with Crippen molar-refractivity contribution in [3.63, 3.8) is 0 Å². The standard InChI is InChI=1S/C6H10BN3O2/c11-7(12)6-4-1-8-3-10-5(4)2-9-6/h2,4,8,10-12H,1,3H2. The minimum Gasteiger partial charge on any atom is -0.422 e. The smallest absolute Gasteiger partial charge is 0.422 e. The summed E-state index contributed by atoms with van der Waals surface area (Å²) in [6, 6.07) is 0. The van der Waals surface area contributed by atoms with Gasteiger partial charge in [0.25, 0.3) is 0 Å². The first-order chi connectivity index (χ1) is 5.79. The number of fused-ring (bicyclic) bond motifs is 1. The minimum atomic E-state index is -1.44. The Labute approximate surface area is 70.3 Å². The molecule has 12 heavy (non-hydrogen) atoms. The Bertz CT molecular complexity index is 251. The summed E-state index contributed by atoms with van der Waals surface area (Å²) in [4.78, 5) is 3.93. The Hall–Kier alpha value is -0.845. The molecule has 0 amide bonds. The molecule has 2 rings (SSSR count). The highest BCUT2D eigenvalue weighted by Crippen LogP contribution is 2.19. The second-order valence-electron chi connectivity index (χ2n) is 2.87. The van der Waals surface area contributed by atoms with E-state index in [1.54, 1.807) is 6.20 Å². The molecule has 2 aliphatic heterocycles. The average molecular weight is 167 g/mol. The van der Waals surface area contributed by atoms with Gasteiger partial charge >= 0.3 is 7.12 Å². The summed E-state index contributed by atoms with van der Waals surface area (Å²) in [6.07, 6.45) is 1.65. The van der Waals surface area contributed by atoms with Crippen molar-refractivity contribution in [2.75, 3.05) is 13.2 Å². The first kappa shape index (κ1) is 7.79. The van der Waals surface area contributed by atoms with Gasteiger partial charge in [-0.15, -0.1) is 0 Å². The van der Waals surface area contributed by atoms with Crippen molar-refractivity contribution < 1.29 is 10.0 Å². The third kappa shape index (κ3) is 1.14. The van der Waals surface area contributed by atoms with Crippen LogP contribution in [0.3, 0.4) is 0 Å². The molecule has 4 N–H and O–H groups in total. The monoisotopic (exact) mass is 167 g/mol. The molecular formula is C6H10BN3O2. The van der Waals surface area contributed by atoms with Crippen molar-refractivity contribution in [2.24, 2.45) is 10.9 Å². The first-order valence-corrected chi connectivity index (χ1v) is 3.87. The maximum atomic E-state index is 8.93. The number of hydrogen-bond acceptors (Lipinski definition) is 5. The van der Waals surface area contributed by atoms with Crippen molar-refractivity contribution in [2.45, 2.75) is 0 Å². The van der Waals surface area contributed by atoms with E-state index in [0.717, 1.165) is 12.2 Å². The predicted octanol–water partition coefficient (Wildman–Crippen LogP) is -1.94. The van der Waals surface area contributed by atoms with Crippen LogP contribution in [-0.2, 0) is 0 Å². The molecule has 1 unspecified atom stereocenters. The van der Waals surface area contributed by atoms with Crippen LogP contribution in [0.1, 0.15) is 0 Å². The molecular weight excluding hydrogens is 157 g/mol. The summed E-state index contributed by atoms with van der Waals surface area (Å²) < 4.78 is 0. The van der Waals surface area contributed by atoms with Crippen LogP contribution in [-0.4, -0.2) is 36.0 Å². The Morgan fingerprint density at radius 1 is 1.58 bits per heavy atom. The molecule has 2 heterocycles. The van der Waals surface area contributed by atoms with Crippen molar-refractivity contribution in [1.29, 1.82) is 0 Å². The van der Waals surface area contributed by atoms with Crippen molar-refractivity contribution in [3.05, 3.63) is 11.9 Å². The average Bonchev–Trinajstić information content (AvgIpc) is 2.47. The van der Waals surface area contributed by atoms with Gasteiger partial charge in [-0.25, -0.2) is 0 Å². The normalized spacial score (nSPS) is 27.0. The lowest BCUT2D eigenvalue weighted by Crippen LogP contribution is -2.47. The van der Waals surface area contributed by atoms with Crippen LogP contribution in [0.5, 0.6) is 0 Å². The lowest BCUT2D eigenvalue weighted by Gasteiger charge is -2.24. The Morgan fingerprint density at radius 3 is 3.17 bits per heavy atom. The molecule has 0 aromatic heterocycles. The summed E-state index contributed by atoms with van der Waals surface area (Å²) in [7, 11) is -1.44. The topological polar surface area (TPSA) is 76.9 Å². The van der Waals surface area contributed by atoms with Crippen LogP contribution in [0.25, 0.3) is 0 Å². The van der Waals surface area contributed by atoms with Gasteiger partial charge in [-0.3, -0.25) is 10.3 Å². The highest BCUT2D eigenvalue weighted by atomic mass is 16.4. The Kier molecular flexibility index (Phi) is 1.88. The van der Waals surface area contributed by atoms with Gasteiger partial charge in [-0.05, 0) is 0 Å². The molecule has 1 fully saturated rings. The van der Waals surface area contributed by atoms with Crippen LogP contribution in [0.2, 0.25) is 0 Å². The lowest BCUT2D eigenvalue weighted by atomic mass is 9.75. The third-order valence-corrected chi connectivity index (χ3v) is 2.12. The Balaban J connectivity index is 2.14. The van der Waals surface area contributed by atoms with Gasteiger partial charge in [-0.1, -0.05) is 0 Å². The molecule has 0 saturated carbocycles. The minimum absolute atomic E-state index is 0.0127. The summed E-state index contributed by atoms with van der Waals surface area (Å²) in [5, 5.41) is 24.0. The van der Waals surface area contributed by atoms with Gasteiger partial charge in [0.15, 0.2) is 0 Å². The van der Waals surface area contributed by atoms with Crippen LogP contribution in [0.15, 0.2) is 16.9 Å². The Morgan fingerprint density at radius 2 is 2.42 bits per heavy atom. The molecule has 0 spiro atoms. The molecule has 6 heteroatoms. The fraction of sp³-hybridized carbons (Fsp3) is 0.500. The number of nitrogens with one attached hydrogen (secondary N) is 2. The van der Waals surface area contributed by atoms with Gasteiger partial charge < -0.3 is 15.4 Å². The molecule has 0 aromatic carbocycles. The van der Waals surface area contributed by atoms with Gasteiger partial charge in [0, 0.05) is 24.4 Å². The van der Waals surface area contributed by atoms with E-state index in [9.17, 15) is 0 Å². The van der Waals surface area contributed by atoms with E-state index in [-0.39, 0.29) is 5.92 Å². The van der Waals surface area contributed by atoms with E-state index in [1.807, 2.05) is 0 Å². The number of rotatable bonds is 1. The van der Waals surface area contributed by atoms with Crippen LogP contribution >= 0.6 is 0 Å². The zero-order valence-corrected chi connectivity index (χ0v) is 6.49. The van der Waals surface area contributed by atoms with Gasteiger partial charge in [0.05, 0.1) is 12.3 Å². The van der Waals surface area contributed by atoms with E-state index in [2.05, 4.69) is 15.6 Å². The second-order valence-corrected chi connectivity index (χ2v) is 2.87. The molecule has 1 saturated heterocycles. The van der Waals surface area contributed by atoms with Gasteiger partial charge in [0.1, 0.15) is 0 Å². The number of nitrogens with zero attached hydrogens (tertiary/aromatic N) is 1. The van der Waals surface area contributed by atoms with Crippen molar-refractivity contribution in [3.8, 4) is 0 Å². The molecule has 1 atom stereocenters. The quantitative estimate of drug-likeness (QED) is 0.343. The van der Waals surface area contributed by atoms with Gasteiger partial charge in [0.2, 0.25) is 0 Å². The molecule has 0 aliphatic carbocycles. The molecule has 0 bridgehead atoms. The van der Waals surface area contributed by atoms with E-state index in [4.69, 9.17) is 10.0 Å². The second kappa shape index (κ2) is 2.89. The summed E-state index contributed by atoms with van der Waals surface area (Å²) >= 11 is 0. The zero-order chi connectivity index (χ0) is 8.55. The maximum Gasteiger partial charge on any atom is 0.504 e. The largest absolute Gasteiger partial charge is 0.504 e. The number of aliphatic imine (C=N–C) groups is 1. The molecule has 64 valence electrons. The number of hydrogen-bond donors (Lipinski definition) is 4. The highest BCUT2D eigenvalue weighted by Gasteiger charge is 2.33. The first-order valence-electron chi connectivity index (χ1n) is 3.87. The SMILES string of the molecule is OB(O)C1=NC=C2NCNCC21. The maximum absolute atomic E-state index is 8.93. The van der Waals surface area contributed by atoms with Crippen molar-refractivity contribution >= 4 is 12.7 Å². The molecule has 2 aliphatic rings.